The molecule has 0 aliphatic heterocycles. The number of carbonyl (C=O) groups excluding carboxylic acids is 1. The molecule has 108 valence electrons. The Morgan fingerprint density at radius 2 is 2.38 bits per heavy atom. The predicted molar refractivity (Wildman–Crippen MR) is 84.1 cm³/mol. The van der Waals surface area contributed by atoms with Gasteiger partial charge in [-0.05, 0) is 18.2 Å². The van der Waals surface area contributed by atoms with Gasteiger partial charge in [0.25, 0.3) is 0 Å². The number of aromatic nitrogens is 2. The van der Waals surface area contributed by atoms with Gasteiger partial charge in [0.05, 0.1) is 19.2 Å². The number of fused-ring (bicyclic) bond motifs is 1. The Kier molecular flexibility index (Phi) is 3.81. The highest BCUT2D eigenvalue weighted by Gasteiger charge is 2.12. The highest BCUT2D eigenvalue weighted by molar-refractivity contribution is 7.15. The van der Waals surface area contributed by atoms with Gasteiger partial charge in [-0.3, -0.25) is 0 Å². The molecule has 0 unspecified atom stereocenters. The van der Waals surface area contributed by atoms with Crippen LogP contribution in [-0.2, 0) is 11.3 Å². The summed E-state index contributed by atoms with van der Waals surface area (Å²) < 4.78 is 5.28. The van der Waals surface area contributed by atoms with E-state index < -0.39 is 0 Å². The maximum atomic E-state index is 11.6. The van der Waals surface area contributed by atoms with Crippen LogP contribution in [0.3, 0.4) is 0 Å². The summed E-state index contributed by atoms with van der Waals surface area (Å²) in [5.74, 6) is -0.346. The number of H-pyrrole nitrogens is 1. The van der Waals surface area contributed by atoms with Crippen LogP contribution in [0.2, 0.25) is 4.47 Å². The quantitative estimate of drug-likeness (QED) is 0.719. The normalized spacial score (nSPS) is 10.8. The number of thiazole rings is 1. The molecule has 2 N–H and O–H groups in total. The lowest BCUT2D eigenvalue weighted by Crippen LogP contribution is -2.00. The van der Waals surface area contributed by atoms with Gasteiger partial charge < -0.3 is 15.0 Å². The number of methoxy groups -OCH3 is 1. The van der Waals surface area contributed by atoms with E-state index in [0.29, 0.717) is 16.6 Å². The Hall–Kier alpha value is -2.05. The van der Waals surface area contributed by atoms with Gasteiger partial charge in [-0.25, -0.2) is 9.78 Å². The fourth-order valence-corrected chi connectivity index (χ4v) is 2.99. The molecule has 0 spiro atoms. The first-order chi connectivity index (χ1) is 10.2. The molecular formula is C14H12ClN3O2S. The van der Waals surface area contributed by atoms with Gasteiger partial charge in [-0.15, -0.1) is 11.3 Å². The molecular weight excluding hydrogens is 310 g/mol. The monoisotopic (exact) mass is 321 g/mol. The van der Waals surface area contributed by atoms with Crippen molar-refractivity contribution >= 4 is 45.5 Å². The summed E-state index contributed by atoms with van der Waals surface area (Å²) >= 11 is 7.24. The van der Waals surface area contributed by atoms with Crippen LogP contribution in [0.25, 0.3) is 10.9 Å². The average molecular weight is 322 g/mol. The van der Waals surface area contributed by atoms with Crippen molar-refractivity contribution in [1.82, 2.24) is 9.97 Å². The number of carbonyl (C=O) groups is 1. The van der Waals surface area contributed by atoms with Gasteiger partial charge in [-0.1, -0.05) is 11.6 Å². The van der Waals surface area contributed by atoms with E-state index in [2.05, 4.69) is 15.3 Å². The van der Waals surface area contributed by atoms with Crippen LogP contribution >= 0.6 is 22.9 Å². The van der Waals surface area contributed by atoms with Crippen LogP contribution < -0.4 is 5.32 Å². The highest BCUT2D eigenvalue weighted by Crippen LogP contribution is 2.24. The van der Waals surface area contributed by atoms with Crippen LogP contribution in [0, 0.1) is 0 Å². The van der Waals surface area contributed by atoms with E-state index in [1.807, 2.05) is 18.2 Å². The lowest BCUT2D eigenvalue weighted by molar-refractivity contribution is 0.0603. The Balaban J connectivity index is 1.80. The summed E-state index contributed by atoms with van der Waals surface area (Å²) in [4.78, 5) is 19.7. The third kappa shape index (κ3) is 2.86. The molecule has 2 heterocycles. The molecule has 3 aromatic rings. The number of hydrogen-bond donors (Lipinski definition) is 2. The number of nitrogens with zero attached hydrogens (tertiary/aromatic N) is 1. The largest absolute Gasteiger partial charge is 0.465 e. The minimum atomic E-state index is -0.346. The molecule has 0 aliphatic carbocycles. The van der Waals surface area contributed by atoms with Crippen LogP contribution in [0.1, 0.15) is 15.2 Å². The lowest BCUT2D eigenvalue weighted by atomic mass is 10.1. The molecule has 0 aliphatic rings. The van der Waals surface area contributed by atoms with Crippen LogP contribution in [-0.4, -0.2) is 23.0 Å². The minimum absolute atomic E-state index is 0.346. The molecule has 0 fully saturated rings. The number of halogens is 1. The topological polar surface area (TPSA) is 67.0 Å². The number of benzene rings is 1. The Labute approximate surface area is 129 Å². The fraction of sp³-hybridized carbons (Fsp3) is 0.143. The molecule has 0 atom stereocenters. The molecule has 3 rings (SSSR count). The van der Waals surface area contributed by atoms with Crippen LogP contribution in [0.15, 0.2) is 30.6 Å². The van der Waals surface area contributed by atoms with Gasteiger partial charge >= 0.3 is 5.97 Å². The number of rotatable bonds is 4. The summed E-state index contributed by atoms with van der Waals surface area (Å²) in [5.41, 5.74) is 2.36. The average Bonchev–Trinajstić information content (AvgIpc) is 3.10. The second kappa shape index (κ2) is 5.75. The van der Waals surface area contributed by atoms with E-state index in [0.717, 1.165) is 21.5 Å². The second-order valence-corrected chi connectivity index (χ2v) is 6.08. The van der Waals surface area contributed by atoms with Crippen molar-refractivity contribution in [1.29, 1.82) is 0 Å². The maximum absolute atomic E-state index is 11.6. The predicted octanol–water partition coefficient (Wildman–Crippen LogP) is 3.68. The van der Waals surface area contributed by atoms with Gasteiger partial charge in [-0.2, -0.15) is 0 Å². The van der Waals surface area contributed by atoms with Crippen molar-refractivity contribution in [2.45, 2.75) is 6.54 Å². The van der Waals surface area contributed by atoms with Crippen molar-refractivity contribution in [2.75, 3.05) is 12.4 Å². The Morgan fingerprint density at radius 3 is 3.10 bits per heavy atom. The first-order valence-electron chi connectivity index (χ1n) is 6.21. The molecule has 5 nitrogen and oxygen atoms in total. The maximum Gasteiger partial charge on any atom is 0.340 e. The van der Waals surface area contributed by atoms with E-state index >= 15 is 0 Å². The molecule has 7 heteroatoms. The van der Waals surface area contributed by atoms with Gasteiger partial charge in [0, 0.05) is 33.9 Å². The lowest BCUT2D eigenvalue weighted by Gasteiger charge is -2.05. The third-order valence-corrected chi connectivity index (χ3v) is 4.19. The first kappa shape index (κ1) is 13.9. The number of esters is 1. The Morgan fingerprint density at radius 1 is 1.52 bits per heavy atom. The van der Waals surface area contributed by atoms with Crippen molar-refractivity contribution in [3.63, 3.8) is 0 Å². The summed E-state index contributed by atoms with van der Waals surface area (Å²) in [7, 11) is 1.37. The molecule has 0 saturated carbocycles. The SMILES string of the molecule is COC(=O)c1c[nH]c2cc(NCc3cnc(Cl)s3)ccc12. The number of anilines is 1. The molecule has 0 amide bonds. The summed E-state index contributed by atoms with van der Waals surface area (Å²) in [6.07, 6.45) is 3.41. The van der Waals surface area contributed by atoms with Crippen molar-refractivity contribution < 1.29 is 9.53 Å². The number of ether oxygens (including phenoxy) is 1. The third-order valence-electron chi connectivity index (χ3n) is 3.08. The zero-order chi connectivity index (χ0) is 14.8. The standard InChI is InChI=1S/C14H12ClN3O2S/c1-20-13(19)11-7-17-12-4-8(2-3-10(11)12)16-5-9-6-18-14(15)21-9/h2-4,6-7,16-17H,5H2,1H3. The van der Waals surface area contributed by atoms with Crippen LogP contribution in [0.5, 0.6) is 0 Å². The van der Waals surface area contributed by atoms with E-state index in [9.17, 15) is 4.79 Å². The number of aromatic amines is 1. The van der Waals surface area contributed by atoms with Gasteiger partial charge in [0.15, 0.2) is 4.47 Å². The van der Waals surface area contributed by atoms with Crippen molar-refractivity contribution in [2.24, 2.45) is 0 Å². The van der Waals surface area contributed by atoms with E-state index in [4.69, 9.17) is 16.3 Å². The smallest absolute Gasteiger partial charge is 0.340 e. The number of nitrogens with one attached hydrogen (secondary N) is 2. The zero-order valence-corrected chi connectivity index (χ0v) is 12.7. The first-order valence-corrected chi connectivity index (χ1v) is 7.40. The molecule has 1 aromatic carbocycles. The number of hydrogen-bond acceptors (Lipinski definition) is 5. The molecule has 0 saturated heterocycles. The zero-order valence-electron chi connectivity index (χ0n) is 11.1. The summed E-state index contributed by atoms with van der Waals surface area (Å²) in [6.45, 7) is 0.653. The van der Waals surface area contributed by atoms with Gasteiger partial charge in [0.1, 0.15) is 0 Å². The minimum Gasteiger partial charge on any atom is -0.465 e. The summed E-state index contributed by atoms with van der Waals surface area (Å²) in [6, 6.07) is 5.76. The van der Waals surface area contributed by atoms with E-state index in [1.165, 1.54) is 18.4 Å². The second-order valence-electron chi connectivity index (χ2n) is 4.39. The molecule has 21 heavy (non-hydrogen) atoms. The summed E-state index contributed by atoms with van der Waals surface area (Å²) in [5, 5.41) is 4.14. The van der Waals surface area contributed by atoms with E-state index in [-0.39, 0.29) is 5.97 Å². The molecule has 0 bridgehead atoms. The Bertz CT molecular complexity index is 796. The fourth-order valence-electron chi connectivity index (χ4n) is 2.07. The highest BCUT2D eigenvalue weighted by atomic mass is 35.5. The van der Waals surface area contributed by atoms with E-state index in [1.54, 1.807) is 12.4 Å². The van der Waals surface area contributed by atoms with Crippen molar-refractivity contribution in [3.8, 4) is 0 Å². The van der Waals surface area contributed by atoms with Crippen LogP contribution in [0.4, 0.5) is 5.69 Å². The molecule has 0 radical (unpaired) electrons. The van der Waals surface area contributed by atoms with Gasteiger partial charge in [0.2, 0.25) is 0 Å². The van der Waals surface area contributed by atoms with Crippen molar-refractivity contribution in [3.05, 3.63) is 45.5 Å². The molecule has 2 aromatic heterocycles.